The van der Waals surface area contributed by atoms with Crippen molar-refractivity contribution >= 4 is 29.3 Å². The maximum atomic E-state index is 12.3. The van der Waals surface area contributed by atoms with E-state index in [-0.39, 0.29) is 11.8 Å². The van der Waals surface area contributed by atoms with Gasteiger partial charge in [0.15, 0.2) is 0 Å². The van der Waals surface area contributed by atoms with Crippen LogP contribution in [0, 0.1) is 0 Å². The van der Waals surface area contributed by atoms with Crippen molar-refractivity contribution in [2.45, 2.75) is 32.1 Å². The summed E-state index contributed by atoms with van der Waals surface area (Å²) in [6.45, 7) is 3.77. The van der Waals surface area contributed by atoms with Crippen LogP contribution in [0.5, 0.6) is 0 Å². The number of nitrogens with two attached hydrogens (primary N) is 1. The molecule has 2 aliphatic rings. The Kier molecular flexibility index (Phi) is 4.48. The van der Waals surface area contributed by atoms with Gasteiger partial charge in [-0.2, -0.15) is 0 Å². The van der Waals surface area contributed by atoms with Crippen molar-refractivity contribution in [1.82, 2.24) is 0 Å². The van der Waals surface area contributed by atoms with Crippen molar-refractivity contribution in [3.05, 3.63) is 53.0 Å². The number of furan rings is 1. The fraction of sp³-hybridized carbons (Fsp3) is 0.333. The SMILES string of the molecule is C/C(=C\c1ccco1)C1CC(=O)Nc2cc(N3CCCC3)c(C(N)=O)cc21. The number of benzene rings is 1. The zero-order valence-corrected chi connectivity index (χ0v) is 15.3. The molecule has 6 heteroatoms. The summed E-state index contributed by atoms with van der Waals surface area (Å²) < 4.78 is 5.40. The van der Waals surface area contributed by atoms with E-state index in [0.29, 0.717) is 12.0 Å². The smallest absolute Gasteiger partial charge is 0.250 e. The van der Waals surface area contributed by atoms with Crippen molar-refractivity contribution in [3.8, 4) is 0 Å². The summed E-state index contributed by atoms with van der Waals surface area (Å²) in [5.74, 6) is 0.148. The molecule has 1 atom stereocenters. The lowest BCUT2D eigenvalue weighted by Gasteiger charge is -2.30. The van der Waals surface area contributed by atoms with E-state index >= 15 is 0 Å². The molecule has 1 saturated heterocycles. The van der Waals surface area contributed by atoms with Gasteiger partial charge in [0.05, 0.1) is 17.5 Å². The zero-order valence-electron chi connectivity index (χ0n) is 15.3. The van der Waals surface area contributed by atoms with Gasteiger partial charge in [-0.1, -0.05) is 5.57 Å². The summed E-state index contributed by atoms with van der Waals surface area (Å²) in [6.07, 6.45) is 6.07. The third-order valence-electron chi connectivity index (χ3n) is 5.38. The highest BCUT2D eigenvalue weighted by Gasteiger charge is 2.30. The Morgan fingerprint density at radius 1 is 1.33 bits per heavy atom. The molecule has 27 heavy (non-hydrogen) atoms. The molecule has 1 fully saturated rings. The highest BCUT2D eigenvalue weighted by atomic mass is 16.3. The van der Waals surface area contributed by atoms with E-state index in [2.05, 4.69) is 10.2 Å². The number of amides is 2. The maximum absolute atomic E-state index is 12.3. The molecular weight excluding hydrogens is 342 g/mol. The Balaban J connectivity index is 1.79. The average molecular weight is 365 g/mol. The number of carbonyl (C=O) groups is 2. The second-order valence-corrected chi connectivity index (χ2v) is 7.22. The Hall–Kier alpha value is -3.02. The van der Waals surface area contributed by atoms with Gasteiger partial charge in [0.25, 0.3) is 5.91 Å². The first-order valence-corrected chi connectivity index (χ1v) is 9.27. The van der Waals surface area contributed by atoms with Gasteiger partial charge < -0.3 is 20.4 Å². The Bertz CT molecular complexity index is 909. The third kappa shape index (κ3) is 3.35. The predicted molar refractivity (Wildman–Crippen MR) is 105 cm³/mol. The van der Waals surface area contributed by atoms with Gasteiger partial charge >= 0.3 is 0 Å². The first-order chi connectivity index (χ1) is 13.0. The number of primary amides is 1. The third-order valence-corrected chi connectivity index (χ3v) is 5.38. The van der Waals surface area contributed by atoms with Gasteiger partial charge in [0.1, 0.15) is 5.76 Å². The number of hydrogen-bond donors (Lipinski definition) is 2. The second-order valence-electron chi connectivity index (χ2n) is 7.22. The predicted octanol–water partition coefficient (Wildman–Crippen LogP) is 3.51. The number of nitrogens with one attached hydrogen (secondary N) is 1. The molecule has 3 heterocycles. The minimum absolute atomic E-state index is 0.0288. The van der Waals surface area contributed by atoms with Crippen LogP contribution in [0.25, 0.3) is 6.08 Å². The van der Waals surface area contributed by atoms with Crippen LogP contribution in [0.1, 0.15) is 53.8 Å². The largest absolute Gasteiger partial charge is 0.465 e. The van der Waals surface area contributed by atoms with Crippen LogP contribution in [0.4, 0.5) is 11.4 Å². The number of nitrogens with zero attached hydrogens (tertiary/aromatic N) is 1. The van der Waals surface area contributed by atoms with Crippen LogP contribution in [0.2, 0.25) is 0 Å². The van der Waals surface area contributed by atoms with Crippen molar-refractivity contribution in [2.75, 3.05) is 23.3 Å². The van der Waals surface area contributed by atoms with E-state index in [1.165, 1.54) is 0 Å². The first kappa shape index (κ1) is 17.4. The summed E-state index contributed by atoms with van der Waals surface area (Å²) in [5.41, 5.74) is 9.71. The van der Waals surface area contributed by atoms with Crippen LogP contribution >= 0.6 is 0 Å². The molecule has 2 amide bonds. The number of hydrogen-bond acceptors (Lipinski definition) is 4. The van der Waals surface area contributed by atoms with E-state index in [9.17, 15) is 9.59 Å². The quantitative estimate of drug-likeness (QED) is 0.868. The lowest BCUT2D eigenvalue weighted by atomic mass is 9.83. The van der Waals surface area contributed by atoms with Gasteiger partial charge in [0.2, 0.25) is 5.91 Å². The lowest BCUT2D eigenvalue weighted by Crippen LogP contribution is -2.27. The molecule has 1 aromatic heterocycles. The molecule has 0 saturated carbocycles. The Morgan fingerprint density at radius 2 is 2.11 bits per heavy atom. The monoisotopic (exact) mass is 365 g/mol. The molecular formula is C21H23N3O3. The van der Waals surface area contributed by atoms with Gasteiger partial charge in [-0.05, 0) is 55.7 Å². The Labute approximate surface area is 158 Å². The molecule has 140 valence electrons. The van der Waals surface area contributed by atoms with Gasteiger partial charge in [-0.25, -0.2) is 0 Å². The number of anilines is 2. The summed E-state index contributed by atoms with van der Waals surface area (Å²) in [6, 6.07) is 7.46. The van der Waals surface area contributed by atoms with Crippen molar-refractivity contribution in [1.29, 1.82) is 0 Å². The van der Waals surface area contributed by atoms with Crippen LogP contribution < -0.4 is 16.0 Å². The maximum Gasteiger partial charge on any atom is 0.250 e. The van der Waals surface area contributed by atoms with Gasteiger partial charge in [0, 0.05) is 31.1 Å². The summed E-state index contributed by atoms with van der Waals surface area (Å²) in [4.78, 5) is 26.6. The summed E-state index contributed by atoms with van der Waals surface area (Å²) in [5, 5.41) is 2.97. The fourth-order valence-electron chi connectivity index (χ4n) is 4.02. The number of carbonyl (C=O) groups excluding carboxylic acids is 2. The molecule has 2 aromatic rings. The molecule has 3 N–H and O–H groups in total. The number of rotatable bonds is 4. The summed E-state index contributed by atoms with van der Waals surface area (Å²) in [7, 11) is 0. The minimum atomic E-state index is -0.442. The zero-order chi connectivity index (χ0) is 19.0. The van der Waals surface area contributed by atoms with Crippen LogP contribution in [0.15, 0.2) is 40.5 Å². The van der Waals surface area contributed by atoms with Crippen LogP contribution in [-0.2, 0) is 4.79 Å². The molecule has 0 bridgehead atoms. The normalized spacial score (nSPS) is 19.7. The van der Waals surface area contributed by atoms with Gasteiger partial charge in [-0.15, -0.1) is 0 Å². The second kappa shape index (κ2) is 6.95. The topological polar surface area (TPSA) is 88.6 Å². The highest BCUT2D eigenvalue weighted by Crippen LogP contribution is 2.41. The molecule has 1 unspecified atom stereocenters. The van der Waals surface area contributed by atoms with Gasteiger partial charge in [-0.3, -0.25) is 9.59 Å². The molecule has 0 spiro atoms. The minimum Gasteiger partial charge on any atom is -0.465 e. The van der Waals surface area contributed by atoms with Crippen molar-refractivity contribution in [3.63, 3.8) is 0 Å². The highest BCUT2D eigenvalue weighted by molar-refractivity contribution is 6.03. The molecule has 4 rings (SSSR count). The summed E-state index contributed by atoms with van der Waals surface area (Å²) >= 11 is 0. The van der Waals surface area contributed by atoms with Crippen molar-refractivity contribution in [2.24, 2.45) is 5.73 Å². The Morgan fingerprint density at radius 3 is 2.78 bits per heavy atom. The van der Waals surface area contributed by atoms with Crippen LogP contribution in [-0.4, -0.2) is 24.9 Å². The van der Waals surface area contributed by atoms with E-state index in [1.54, 1.807) is 6.26 Å². The van der Waals surface area contributed by atoms with Crippen molar-refractivity contribution < 1.29 is 14.0 Å². The van der Waals surface area contributed by atoms with E-state index in [4.69, 9.17) is 10.2 Å². The molecule has 2 aliphatic heterocycles. The fourth-order valence-corrected chi connectivity index (χ4v) is 4.02. The molecule has 0 radical (unpaired) electrons. The lowest BCUT2D eigenvalue weighted by molar-refractivity contribution is -0.116. The van der Waals surface area contributed by atoms with Crippen LogP contribution in [0.3, 0.4) is 0 Å². The average Bonchev–Trinajstić information content (AvgIpc) is 3.33. The van der Waals surface area contributed by atoms with E-state index < -0.39 is 5.91 Å². The van der Waals surface area contributed by atoms with E-state index in [1.807, 2.05) is 37.3 Å². The standard InChI is InChI=1S/C21H23N3O3/c1-13(9-14-5-4-8-27-14)15-11-20(25)23-18-12-19(24-6-2-3-7-24)17(21(22)26)10-16(15)18/h4-5,8-10,12,15H,2-3,6-7,11H2,1H3,(H2,22,26)(H,23,25)/b13-9+. The first-order valence-electron chi connectivity index (χ1n) is 9.27. The number of allylic oxidation sites excluding steroid dienone is 1. The molecule has 6 nitrogen and oxygen atoms in total. The molecule has 1 aromatic carbocycles. The molecule has 0 aliphatic carbocycles. The van der Waals surface area contributed by atoms with E-state index in [0.717, 1.165) is 54.2 Å². The number of fused-ring (bicyclic) bond motifs is 1.